The number of nitrogens with zero attached hydrogens (tertiary/aromatic N) is 3. The van der Waals surface area contributed by atoms with E-state index in [0.29, 0.717) is 19.4 Å². The summed E-state index contributed by atoms with van der Waals surface area (Å²) in [5, 5.41) is 10.3. The van der Waals surface area contributed by atoms with Crippen LogP contribution in [-0.2, 0) is 16.0 Å². The number of hydrogen-bond donors (Lipinski definition) is 2. The Morgan fingerprint density at radius 2 is 2.15 bits per heavy atom. The fourth-order valence-corrected chi connectivity index (χ4v) is 3.19. The number of carbonyl (C=O) groups excluding carboxylic acids is 1. The molecule has 2 N–H and O–H groups in total. The minimum atomic E-state index is 0.0410. The first-order valence-corrected chi connectivity index (χ1v) is 9.15. The van der Waals surface area contributed by atoms with Crippen molar-refractivity contribution < 1.29 is 9.53 Å². The molecule has 0 aliphatic carbocycles. The van der Waals surface area contributed by atoms with Gasteiger partial charge in [-0.3, -0.25) is 19.8 Å². The maximum absolute atomic E-state index is 12.3. The van der Waals surface area contributed by atoms with Gasteiger partial charge in [-0.2, -0.15) is 5.10 Å². The largest absolute Gasteiger partial charge is 0.379 e. The standard InChI is InChI=1S/C19H27N5O2/c1-14-15(2)22-23-16(14)6-7-19(25)21-13-18(17-5-3-4-8-20-17)24-9-11-26-12-10-24/h3-5,8,18H,6-7,9-13H2,1-2H3,(H,21,25)(H,22,23). The number of morpholine rings is 1. The molecule has 7 heteroatoms. The minimum Gasteiger partial charge on any atom is -0.379 e. The number of pyridine rings is 1. The molecule has 0 radical (unpaired) electrons. The highest BCUT2D eigenvalue weighted by Crippen LogP contribution is 2.19. The summed E-state index contributed by atoms with van der Waals surface area (Å²) in [5.41, 5.74) is 4.14. The van der Waals surface area contributed by atoms with Crippen molar-refractivity contribution in [2.24, 2.45) is 0 Å². The van der Waals surface area contributed by atoms with E-state index in [1.54, 1.807) is 6.20 Å². The smallest absolute Gasteiger partial charge is 0.220 e. The third-order valence-corrected chi connectivity index (χ3v) is 4.95. The van der Waals surface area contributed by atoms with Gasteiger partial charge in [0.2, 0.25) is 5.91 Å². The van der Waals surface area contributed by atoms with E-state index in [9.17, 15) is 4.79 Å². The normalized spacial score (nSPS) is 16.4. The predicted octanol–water partition coefficient (Wildman–Crippen LogP) is 1.54. The van der Waals surface area contributed by atoms with Crippen LogP contribution in [0.3, 0.4) is 0 Å². The fraction of sp³-hybridized carbons (Fsp3) is 0.526. The number of aryl methyl sites for hydroxylation is 2. The van der Waals surface area contributed by atoms with Crippen molar-refractivity contribution in [3.05, 3.63) is 47.0 Å². The van der Waals surface area contributed by atoms with Gasteiger partial charge >= 0.3 is 0 Å². The molecule has 1 unspecified atom stereocenters. The van der Waals surface area contributed by atoms with Gasteiger partial charge < -0.3 is 10.1 Å². The van der Waals surface area contributed by atoms with Gasteiger partial charge in [-0.25, -0.2) is 0 Å². The molecule has 3 heterocycles. The quantitative estimate of drug-likeness (QED) is 0.785. The SMILES string of the molecule is Cc1[nH]nc(CCC(=O)NCC(c2ccccn2)N2CCOCC2)c1C. The average Bonchev–Trinajstić information content (AvgIpc) is 3.00. The first-order valence-electron chi connectivity index (χ1n) is 9.15. The molecule has 26 heavy (non-hydrogen) atoms. The molecule has 1 amide bonds. The lowest BCUT2D eigenvalue weighted by Crippen LogP contribution is -2.44. The summed E-state index contributed by atoms with van der Waals surface area (Å²) in [7, 11) is 0. The maximum Gasteiger partial charge on any atom is 0.220 e. The van der Waals surface area contributed by atoms with E-state index in [1.807, 2.05) is 32.0 Å². The van der Waals surface area contributed by atoms with Crippen molar-refractivity contribution in [3.63, 3.8) is 0 Å². The number of rotatable bonds is 7. The van der Waals surface area contributed by atoms with Crippen molar-refractivity contribution in [2.45, 2.75) is 32.7 Å². The van der Waals surface area contributed by atoms with E-state index in [0.717, 1.165) is 48.9 Å². The minimum absolute atomic E-state index is 0.0410. The Balaban J connectivity index is 1.56. The van der Waals surface area contributed by atoms with E-state index in [-0.39, 0.29) is 11.9 Å². The molecule has 0 spiro atoms. The molecule has 0 aromatic carbocycles. The molecule has 2 aromatic rings. The Hall–Kier alpha value is -2.25. The summed E-state index contributed by atoms with van der Waals surface area (Å²) in [6, 6.07) is 5.98. The lowest BCUT2D eigenvalue weighted by molar-refractivity contribution is -0.121. The van der Waals surface area contributed by atoms with E-state index in [4.69, 9.17) is 4.74 Å². The maximum atomic E-state index is 12.3. The van der Waals surface area contributed by atoms with Gasteiger partial charge in [0, 0.05) is 44.4 Å². The highest BCUT2D eigenvalue weighted by Gasteiger charge is 2.24. The molecule has 0 bridgehead atoms. The number of aromatic amines is 1. The summed E-state index contributed by atoms with van der Waals surface area (Å²) in [4.78, 5) is 19.2. The Morgan fingerprint density at radius 3 is 2.81 bits per heavy atom. The van der Waals surface area contributed by atoms with E-state index in [2.05, 4.69) is 25.4 Å². The second-order valence-corrected chi connectivity index (χ2v) is 6.64. The summed E-state index contributed by atoms with van der Waals surface area (Å²) in [6.45, 7) is 7.71. The van der Waals surface area contributed by atoms with Crippen LogP contribution in [0.15, 0.2) is 24.4 Å². The topological polar surface area (TPSA) is 83.1 Å². The van der Waals surface area contributed by atoms with Crippen LogP contribution >= 0.6 is 0 Å². The summed E-state index contributed by atoms with van der Waals surface area (Å²) < 4.78 is 5.45. The number of aromatic nitrogens is 3. The molecule has 1 aliphatic rings. The molecule has 1 fully saturated rings. The highest BCUT2D eigenvalue weighted by atomic mass is 16.5. The second kappa shape index (κ2) is 8.91. The van der Waals surface area contributed by atoms with Crippen molar-refractivity contribution in [2.75, 3.05) is 32.8 Å². The lowest BCUT2D eigenvalue weighted by atomic mass is 10.1. The third kappa shape index (κ3) is 4.68. The number of ether oxygens (including phenoxy) is 1. The molecule has 140 valence electrons. The number of H-pyrrole nitrogens is 1. The summed E-state index contributed by atoms with van der Waals surface area (Å²) in [5.74, 6) is 0.0410. The van der Waals surface area contributed by atoms with Crippen LogP contribution in [0, 0.1) is 13.8 Å². The van der Waals surface area contributed by atoms with Gasteiger partial charge in [-0.05, 0) is 31.5 Å². The number of amides is 1. The first-order chi connectivity index (χ1) is 12.6. The summed E-state index contributed by atoms with van der Waals surface area (Å²) in [6.07, 6.45) is 2.88. The summed E-state index contributed by atoms with van der Waals surface area (Å²) >= 11 is 0. The Morgan fingerprint density at radius 1 is 1.35 bits per heavy atom. The molecule has 3 rings (SSSR count). The van der Waals surface area contributed by atoms with Gasteiger partial charge in [-0.15, -0.1) is 0 Å². The third-order valence-electron chi connectivity index (χ3n) is 4.95. The fourth-order valence-electron chi connectivity index (χ4n) is 3.19. The number of hydrogen-bond acceptors (Lipinski definition) is 5. The van der Waals surface area contributed by atoms with Crippen molar-refractivity contribution in [1.82, 2.24) is 25.4 Å². The van der Waals surface area contributed by atoms with Gasteiger partial charge in [-0.1, -0.05) is 6.07 Å². The van der Waals surface area contributed by atoms with Crippen LogP contribution in [0.2, 0.25) is 0 Å². The van der Waals surface area contributed by atoms with E-state index < -0.39 is 0 Å². The Labute approximate surface area is 154 Å². The van der Waals surface area contributed by atoms with Gasteiger partial charge in [0.15, 0.2) is 0 Å². The lowest BCUT2D eigenvalue weighted by Gasteiger charge is -2.34. The van der Waals surface area contributed by atoms with Gasteiger partial charge in [0.25, 0.3) is 0 Å². The molecular formula is C19H27N5O2. The zero-order valence-corrected chi connectivity index (χ0v) is 15.5. The zero-order chi connectivity index (χ0) is 18.4. The Bertz CT molecular complexity index is 710. The van der Waals surface area contributed by atoms with Crippen LogP contribution in [0.1, 0.15) is 35.1 Å². The van der Waals surface area contributed by atoms with E-state index in [1.165, 1.54) is 0 Å². The molecular weight excluding hydrogens is 330 g/mol. The first kappa shape index (κ1) is 18.5. The molecule has 7 nitrogen and oxygen atoms in total. The van der Waals surface area contributed by atoms with Crippen LogP contribution in [-0.4, -0.2) is 58.8 Å². The van der Waals surface area contributed by atoms with E-state index >= 15 is 0 Å². The van der Waals surface area contributed by atoms with Crippen molar-refractivity contribution >= 4 is 5.91 Å². The molecule has 0 saturated carbocycles. The van der Waals surface area contributed by atoms with Crippen LogP contribution < -0.4 is 5.32 Å². The van der Waals surface area contributed by atoms with Crippen LogP contribution in [0.5, 0.6) is 0 Å². The molecule has 1 atom stereocenters. The van der Waals surface area contributed by atoms with Crippen LogP contribution in [0.25, 0.3) is 0 Å². The average molecular weight is 357 g/mol. The molecule has 1 aliphatic heterocycles. The number of carbonyl (C=O) groups is 1. The van der Waals surface area contributed by atoms with Gasteiger partial charge in [0.1, 0.15) is 0 Å². The Kier molecular flexibility index (Phi) is 6.35. The zero-order valence-electron chi connectivity index (χ0n) is 15.5. The van der Waals surface area contributed by atoms with Crippen LogP contribution in [0.4, 0.5) is 0 Å². The second-order valence-electron chi connectivity index (χ2n) is 6.64. The highest BCUT2D eigenvalue weighted by molar-refractivity contribution is 5.76. The number of nitrogens with one attached hydrogen (secondary N) is 2. The molecule has 1 saturated heterocycles. The molecule has 2 aromatic heterocycles. The monoisotopic (exact) mass is 357 g/mol. The van der Waals surface area contributed by atoms with Crippen molar-refractivity contribution in [1.29, 1.82) is 0 Å². The van der Waals surface area contributed by atoms with Gasteiger partial charge in [0.05, 0.1) is 30.6 Å². The van der Waals surface area contributed by atoms with Crippen molar-refractivity contribution in [3.8, 4) is 0 Å². The predicted molar refractivity (Wildman–Crippen MR) is 98.8 cm³/mol.